The van der Waals surface area contributed by atoms with Crippen molar-refractivity contribution in [2.75, 3.05) is 20.1 Å². The molecule has 1 aromatic carbocycles. The van der Waals surface area contributed by atoms with Crippen molar-refractivity contribution in [1.82, 2.24) is 20.5 Å². The van der Waals surface area contributed by atoms with E-state index in [0.717, 1.165) is 31.2 Å². The third kappa shape index (κ3) is 6.93. The summed E-state index contributed by atoms with van der Waals surface area (Å²) in [5, 5.41) is 7.30. The van der Waals surface area contributed by atoms with Gasteiger partial charge in [0.25, 0.3) is 0 Å². The van der Waals surface area contributed by atoms with Crippen LogP contribution in [-0.2, 0) is 13.1 Å². The number of guanidine groups is 1. The van der Waals surface area contributed by atoms with Crippen LogP contribution in [-0.4, -0.2) is 42.0 Å². The molecule has 0 saturated carbocycles. The minimum absolute atomic E-state index is 0. The third-order valence-corrected chi connectivity index (χ3v) is 4.93. The number of aromatic nitrogens is 1. The van der Waals surface area contributed by atoms with Gasteiger partial charge in [0, 0.05) is 38.9 Å². The summed E-state index contributed by atoms with van der Waals surface area (Å²) >= 11 is 5.82. The van der Waals surface area contributed by atoms with Crippen molar-refractivity contribution in [3.05, 3.63) is 64.9 Å². The van der Waals surface area contributed by atoms with E-state index in [1.165, 1.54) is 18.4 Å². The van der Waals surface area contributed by atoms with E-state index in [-0.39, 0.29) is 24.0 Å². The number of nitrogens with one attached hydrogen (secondary N) is 2. The predicted octanol–water partition coefficient (Wildman–Crippen LogP) is 3.68. The van der Waals surface area contributed by atoms with E-state index in [0.29, 0.717) is 17.7 Å². The molecule has 2 N–H and O–H groups in total. The Morgan fingerprint density at radius 2 is 2.00 bits per heavy atom. The fraction of sp³-hybridized carbons (Fsp3) is 0.400. The van der Waals surface area contributed by atoms with E-state index >= 15 is 0 Å². The van der Waals surface area contributed by atoms with Gasteiger partial charge in [-0.3, -0.25) is 9.89 Å². The average molecular weight is 500 g/mol. The lowest BCUT2D eigenvalue weighted by Gasteiger charge is -2.25. The molecule has 1 fully saturated rings. The van der Waals surface area contributed by atoms with Crippen molar-refractivity contribution in [3.63, 3.8) is 0 Å². The van der Waals surface area contributed by atoms with Crippen LogP contribution in [0.25, 0.3) is 0 Å². The van der Waals surface area contributed by atoms with Crippen molar-refractivity contribution in [3.8, 4) is 0 Å². The monoisotopic (exact) mass is 499 g/mol. The maximum Gasteiger partial charge on any atom is 0.191 e. The van der Waals surface area contributed by atoms with Crippen LogP contribution < -0.4 is 10.6 Å². The zero-order valence-electron chi connectivity index (χ0n) is 15.6. The zero-order valence-corrected chi connectivity index (χ0v) is 18.7. The van der Waals surface area contributed by atoms with Gasteiger partial charge in [0.2, 0.25) is 0 Å². The van der Waals surface area contributed by atoms with Crippen LogP contribution in [0.1, 0.15) is 24.0 Å². The van der Waals surface area contributed by atoms with Crippen LogP contribution in [0.3, 0.4) is 0 Å². The van der Waals surface area contributed by atoms with Gasteiger partial charge in [0.15, 0.2) is 5.96 Å². The lowest BCUT2D eigenvalue weighted by atomic mass is 10.2. The summed E-state index contributed by atoms with van der Waals surface area (Å²) in [4.78, 5) is 11.0. The Kier molecular flexibility index (Phi) is 9.30. The van der Waals surface area contributed by atoms with Crippen LogP contribution in [0.15, 0.2) is 53.7 Å². The summed E-state index contributed by atoms with van der Waals surface area (Å²) in [5.41, 5.74) is 2.45. The van der Waals surface area contributed by atoms with Gasteiger partial charge >= 0.3 is 0 Å². The van der Waals surface area contributed by atoms with E-state index < -0.39 is 0 Å². The van der Waals surface area contributed by atoms with Gasteiger partial charge in [0.1, 0.15) is 5.15 Å². The second-order valence-electron chi connectivity index (χ2n) is 6.55. The van der Waals surface area contributed by atoms with E-state index in [2.05, 4.69) is 55.8 Å². The van der Waals surface area contributed by atoms with Crippen molar-refractivity contribution in [2.24, 2.45) is 4.99 Å². The van der Waals surface area contributed by atoms with Crippen LogP contribution in [0.4, 0.5) is 0 Å². The fourth-order valence-corrected chi connectivity index (χ4v) is 3.40. The zero-order chi connectivity index (χ0) is 18.2. The minimum atomic E-state index is 0. The van der Waals surface area contributed by atoms with Crippen LogP contribution in [0.5, 0.6) is 0 Å². The summed E-state index contributed by atoms with van der Waals surface area (Å²) < 4.78 is 0. The van der Waals surface area contributed by atoms with Crippen molar-refractivity contribution >= 4 is 41.5 Å². The Morgan fingerprint density at radius 1 is 1.19 bits per heavy atom. The first-order chi connectivity index (χ1) is 12.7. The first-order valence-electron chi connectivity index (χ1n) is 9.07. The van der Waals surface area contributed by atoms with E-state index in [1.54, 1.807) is 19.3 Å². The molecular formula is C20H27ClIN5. The van der Waals surface area contributed by atoms with Crippen LogP contribution in [0.2, 0.25) is 5.15 Å². The maximum absolute atomic E-state index is 5.82. The highest BCUT2D eigenvalue weighted by Crippen LogP contribution is 2.19. The molecule has 0 amide bonds. The Hall–Kier alpha value is -1.38. The molecule has 0 aliphatic carbocycles. The lowest BCUT2D eigenvalue weighted by molar-refractivity contribution is 0.245. The molecule has 27 heavy (non-hydrogen) atoms. The summed E-state index contributed by atoms with van der Waals surface area (Å²) in [6.07, 6.45) is 4.25. The maximum atomic E-state index is 5.82. The number of halogens is 2. The second-order valence-corrected chi connectivity index (χ2v) is 6.94. The minimum Gasteiger partial charge on any atom is -0.355 e. The summed E-state index contributed by atoms with van der Waals surface area (Å²) in [5.74, 6) is 0.812. The molecule has 5 nitrogen and oxygen atoms in total. The van der Waals surface area contributed by atoms with Gasteiger partial charge in [-0.25, -0.2) is 4.98 Å². The van der Waals surface area contributed by atoms with Gasteiger partial charge in [-0.05, 0) is 36.6 Å². The molecule has 0 spiro atoms. The Balaban J connectivity index is 0.00000261. The van der Waals surface area contributed by atoms with Gasteiger partial charge in [-0.15, -0.1) is 24.0 Å². The fourth-order valence-electron chi connectivity index (χ4n) is 3.28. The molecule has 0 radical (unpaired) electrons. The van der Waals surface area contributed by atoms with Gasteiger partial charge in [0.05, 0.1) is 0 Å². The molecule has 1 unspecified atom stereocenters. The Morgan fingerprint density at radius 3 is 2.70 bits per heavy atom. The Labute approximate surface area is 183 Å². The lowest BCUT2D eigenvalue weighted by Crippen LogP contribution is -2.44. The quantitative estimate of drug-likeness (QED) is 0.276. The topological polar surface area (TPSA) is 52.6 Å². The highest BCUT2D eigenvalue weighted by molar-refractivity contribution is 14.0. The van der Waals surface area contributed by atoms with E-state index in [1.807, 2.05) is 6.07 Å². The predicted molar refractivity (Wildman–Crippen MR) is 123 cm³/mol. The highest BCUT2D eigenvalue weighted by Gasteiger charge is 2.24. The van der Waals surface area contributed by atoms with E-state index in [9.17, 15) is 0 Å². The first-order valence-corrected chi connectivity index (χ1v) is 9.45. The first kappa shape index (κ1) is 21.9. The van der Waals surface area contributed by atoms with Crippen LogP contribution in [0, 0.1) is 0 Å². The van der Waals surface area contributed by atoms with Gasteiger partial charge in [-0.1, -0.05) is 48.0 Å². The standard InChI is InChI=1S/C20H26ClN5.HI/c1-22-20(24-13-17-9-10-19(21)23-12-17)25-14-18-8-5-11-26(18)15-16-6-3-2-4-7-16;/h2-4,6-7,9-10,12,18H,5,8,11,13-15H2,1H3,(H2,22,24,25);1H. The number of likely N-dealkylation sites (tertiary alicyclic amines) is 1. The number of hydrogen-bond acceptors (Lipinski definition) is 3. The molecule has 146 valence electrons. The summed E-state index contributed by atoms with van der Waals surface area (Å²) in [6.45, 7) is 3.73. The number of hydrogen-bond donors (Lipinski definition) is 2. The molecule has 1 aliphatic rings. The smallest absolute Gasteiger partial charge is 0.191 e. The largest absolute Gasteiger partial charge is 0.355 e. The number of benzene rings is 1. The van der Waals surface area contributed by atoms with Crippen molar-refractivity contribution in [2.45, 2.75) is 32.0 Å². The Bertz CT molecular complexity index is 708. The molecule has 0 bridgehead atoms. The highest BCUT2D eigenvalue weighted by atomic mass is 127. The molecule has 3 rings (SSSR count). The molecule has 1 aromatic heterocycles. The molecule has 2 aromatic rings. The SMILES string of the molecule is CN=C(NCc1ccc(Cl)nc1)NCC1CCCN1Cc1ccccc1.I. The van der Waals surface area contributed by atoms with Gasteiger partial charge < -0.3 is 10.6 Å². The number of pyridine rings is 1. The van der Waals surface area contributed by atoms with E-state index in [4.69, 9.17) is 11.6 Å². The van der Waals surface area contributed by atoms with Crippen LogP contribution >= 0.6 is 35.6 Å². The van der Waals surface area contributed by atoms with Crippen molar-refractivity contribution in [1.29, 1.82) is 0 Å². The second kappa shape index (κ2) is 11.5. The molecule has 2 heterocycles. The molecule has 7 heteroatoms. The molecule has 1 aliphatic heterocycles. The normalized spacial score (nSPS) is 17.4. The number of aliphatic imine (C=N–C) groups is 1. The summed E-state index contributed by atoms with van der Waals surface area (Å²) in [6, 6.07) is 15.0. The molecule has 1 atom stereocenters. The van der Waals surface area contributed by atoms with Crippen molar-refractivity contribution < 1.29 is 0 Å². The molecule has 1 saturated heterocycles. The average Bonchev–Trinajstić information content (AvgIpc) is 3.11. The molecular weight excluding hydrogens is 473 g/mol. The third-order valence-electron chi connectivity index (χ3n) is 4.70. The number of nitrogens with zero attached hydrogens (tertiary/aromatic N) is 3. The summed E-state index contributed by atoms with van der Waals surface area (Å²) in [7, 11) is 1.80. The number of rotatable bonds is 6. The van der Waals surface area contributed by atoms with Gasteiger partial charge in [-0.2, -0.15) is 0 Å².